The summed E-state index contributed by atoms with van der Waals surface area (Å²) in [6.45, 7) is 6.06. The number of carbonyl (C=O) groups excluding carboxylic acids is 6. The summed E-state index contributed by atoms with van der Waals surface area (Å²) < 4.78 is 47.1. The molecule has 2 aromatic rings. The van der Waals surface area contributed by atoms with Gasteiger partial charge in [0.25, 0.3) is 0 Å². The number of hydrogen-bond acceptors (Lipinski definition) is 15. The zero-order chi connectivity index (χ0) is 36.4. The number of hydrogen-bond donors (Lipinski definition) is 0. The van der Waals surface area contributed by atoms with Gasteiger partial charge in [-0.2, -0.15) is 0 Å². The number of rotatable bonds is 13. The second-order valence-electron chi connectivity index (χ2n) is 11.6. The van der Waals surface area contributed by atoms with Crippen molar-refractivity contribution in [2.45, 2.75) is 107 Å². The topological polar surface area (TPSA) is 176 Å². The number of benzene rings is 2. The average Bonchev–Trinajstić information content (AvgIpc) is 3.06. The lowest BCUT2D eigenvalue weighted by Gasteiger charge is -2.47. The molecule has 2 aliphatic heterocycles. The van der Waals surface area contributed by atoms with Crippen molar-refractivity contribution >= 4 is 47.4 Å². The highest BCUT2D eigenvalue weighted by atomic mass is 32.2. The van der Waals surface area contributed by atoms with Crippen LogP contribution in [0.3, 0.4) is 0 Å². The Morgan fingerprint density at radius 2 is 1.26 bits per heavy atom. The predicted molar refractivity (Wildman–Crippen MR) is 173 cm³/mol. The lowest BCUT2D eigenvalue weighted by Crippen LogP contribution is -2.64. The molecule has 0 amide bonds. The predicted octanol–water partition coefficient (Wildman–Crippen LogP) is 3.57. The summed E-state index contributed by atoms with van der Waals surface area (Å²) in [6.07, 6.45) is -10.8. The van der Waals surface area contributed by atoms with Crippen LogP contribution in [-0.4, -0.2) is 96.7 Å². The van der Waals surface area contributed by atoms with E-state index in [1.165, 1.54) is 25.6 Å². The van der Waals surface area contributed by atoms with Crippen LogP contribution in [0.15, 0.2) is 65.6 Å². The first-order valence-electron chi connectivity index (χ1n) is 15.9. The molecule has 50 heavy (non-hydrogen) atoms. The Hall–Kier alpha value is -4.31. The van der Waals surface area contributed by atoms with Crippen molar-refractivity contribution in [3.05, 3.63) is 66.2 Å². The van der Waals surface area contributed by atoms with Crippen LogP contribution >= 0.6 is 11.8 Å². The molecule has 2 fully saturated rings. The van der Waals surface area contributed by atoms with Gasteiger partial charge in [-0.25, -0.2) is 4.79 Å². The van der Waals surface area contributed by atoms with Crippen LogP contribution in [0.4, 0.5) is 0 Å². The summed E-state index contributed by atoms with van der Waals surface area (Å²) in [7, 11) is 0. The molecule has 0 radical (unpaired) electrons. The Bertz CT molecular complexity index is 1500. The summed E-state index contributed by atoms with van der Waals surface area (Å²) in [6, 6.07) is 17.2. The maximum absolute atomic E-state index is 13.3. The van der Waals surface area contributed by atoms with Gasteiger partial charge in [-0.1, -0.05) is 48.2 Å². The molecule has 14 nitrogen and oxygen atoms in total. The Kier molecular flexibility index (Phi) is 13.9. The van der Waals surface area contributed by atoms with Gasteiger partial charge in [0, 0.05) is 32.1 Å². The molecule has 0 unspecified atom stereocenters. The van der Waals surface area contributed by atoms with Gasteiger partial charge < -0.3 is 42.7 Å². The van der Waals surface area contributed by atoms with E-state index in [0.29, 0.717) is 0 Å². The van der Waals surface area contributed by atoms with Crippen molar-refractivity contribution in [2.24, 2.45) is 0 Å². The summed E-state index contributed by atoms with van der Waals surface area (Å²) >= 11 is 1.21. The van der Waals surface area contributed by atoms with E-state index in [2.05, 4.69) is 0 Å². The zero-order valence-corrected chi connectivity index (χ0v) is 29.0. The molecule has 2 saturated heterocycles. The van der Waals surface area contributed by atoms with Crippen LogP contribution in [-0.2, 0) is 61.9 Å². The minimum Gasteiger partial charge on any atom is -0.456 e. The van der Waals surface area contributed by atoms with Crippen LogP contribution < -0.4 is 0 Å². The number of ketones is 1. The van der Waals surface area contributed by atoms with Crippen LogP contribution in [0.25, 0.3) is 0 Å². The van der Waals surface area contributed by atoms with Crippen LogP contribution in [0, 0.1) is 0 Å². The first-order chi connectivity index (χ1) is 23.8. The van der Waals surface area contributed by atoms with Crippen LogP contribution in [0.2, 0.25) is 0 Å². The smallest absolute Gasteiger partial charge is 0.338 e. The minimum atomic E-state index is -1.54. The van der Waals surface area contributed by atoms with E-state index < -0.39 is 84.3 Å². The quantitative estimate of drug-likeness (QED) is 0.217. The molecule has 0 aliphatic carbocycles. The fraction of sp³-hybridized carbons (Fsp3) is 0.486. The second-order valence-corrected chi connectivity index (χ2v) is 12.8. The molecule has 0 N–H and O–H groups in total. The molecular formula is C35H40O14S. The highest BCUT2D eigenvalue weighted by Gasteiger charge is 2.55. The van der Waals surface area contributed by atoms with Gasteiger partial charge >= 0.3 is 29.8 Å². The standard InChI is InChI=1S/C35H40O14S/c1-19(36)16-17-27(40)48-32-29(49-34-31(46-23(5)39)30(45-22(4)38)28(20(2)43-34)44-21(3)37)26(47-33(41)24-12-8-6-9-13-24)18-42-35(32)50-25-14-10-7-11-15-25/h6-15,20,26,28-32,34-35H,16-18H2,1-5H3/t20-,26-,28-,29-,30+,31+,32+,34-,35-/m0/s1. The molecule has 2 aliphatic rings. The highest BCUT2D eigenvalue weighted by Crippen LogP contribution is 2.38. The Balaban J connectivity index is 1.76. The fourth-order valence-electron chi connectivity index (χ4n) is 5.37. The fourth-order valence-corrected chi connectivity index (χ4v) is 6.45. The van der Waals surface area contributed by atoms with Gasteiger partial charge in [0.05, 0.1) is 24.7 Å². The summed E-state index contributed by atoms with van der Waals surface area (Å²) in [5.74, 6) is -3.99. The third-order valence-electron chi connectivity index (χ3n) is 7.52. The maximum atomic E-state index is 13.3. The molecule has 15 heteroatoms. The lowest BCUT2D eigenvalue weighted by molar-refractivity contribution is -0.330. The molecule has 0 spiro atoms. The van der Waals surface area contributed by atoms with Crippen molar-refractivity contribution in [3.63, 3.8) is 0 Å². The molecule has 2 heterocycles. The lowest BCUT2D eigenvalue weighted by atomic mass is 9.98. The van der Waals surface area contributed by atoms with Crippen LogP contribution in [0.5, 0.6) is 0 Å². The van der Waals surface area contributed by atoms with E-state index >= 15 is 0 Å². The van der Waals surface area contributed by atoms with E-state index in [-0.39, 0.29) is 30.8 Å². The molecule has 2 aromatic carbocycles. The molecule has 0 aromatic heterocycles. The Morgan fingerprint density at radius 1 is 0.680 bits per heavy atom. The maximum Gasteiger partial charge on any atom is 0.338 e. The largest absolute Gasteiger partial charge is 0.456 e. The van der Waals surface area contributed by atoms with Crippen LogP contribution in [0.1, 0.15) is 57.8 Å². The SMILES string of the molecule is CC(=O)CCC(=O)O[C@@H]1[C@@H](O[C@@H]2O[C@@H](C)[C@H](OC(C)=O)[C@@H](OC(C)=O)[C@H]2OC(C)=O)[C@@H](OC(=O)c2ccccc2)CO[C@H]1Sc1ccccc1. The number of Topliss-reactive ketones (excluding diaryl/α,β-unsaturated/α-hetero) is 1. The van der Waals surface area contributed by atoms with Crippen molar-refractivity contribution in [3.8, 4) is 0 Å². The van der Waals surface area contributed by atoms with Crippen molar-refractivity contribution in [1.82, 2.24) is 0 Å². The van der Waals surface area contributed by atoms with Crippen molar-refractivity contribution in [2.75, 3.05) is 6.61 Å². The number of thioether (sulfide) groups is 1. The summed E-state index contributed by atoms with van der Waals surface area (Å²) in [5, 5.41) is 0. The summed E-state index contributed by atoms with van der Waals surface area (Å²) in [4.78, 5) is 75.6. The summed E-state index contributed by atoms with van der Waals surface area (Å²) in [5.41, 5.74) is -0.705. The zero-order valence-electron chi connectivity index (χ0n) is 28.2. The third-order valence-corrected chi connectivity index (χ3v) is 8.70. The van der Waals surface area contributed by atoms with Gasteiger partial charge in [-0.3, -0.25) is 19.2 Å². The number of esters is 5. The first kappa shape index (κ1) is 38.5. The number of carbonyl (C=O) groups is 6. The Morgan fingerprint density at radius 3 is 1.86 bits per heavy atom. The van der Waals surface area contributed by atoms with Gasteiger partial charge in [0.15, 0.2) is 36.8 Å². The van der Waals surface area contributed by atoms with E-state index in [0.717, 1.165) is 25.7 Å². The molecule has 0 bridgehead atoms. The first-order valence-corrected chi connectivity index (χ1v) is 16.8. The molecule has 0 saturated carbocycles. The van der Waals surface area contributed by atoms with E-state index in [4.69, 9.17) is 37.9 Å². The van der Waals surface area contributed by atoms with Crippen molar-refractivity contribution < 1.29 is 66.7 Å². The molecule has 4 rings (SSSR count). The molecule has 9 atom stereocenters. The second kappa shape index (κ2) is 18.1. The third kappa shape index (κ3) is 10.8. The minimum absolute atomic E-state index is 0.0831. The van der Waals surface area contributed by atoms with E-state index in [9.17, 15) is 28.8 Å². The number of ether oxygens (including phenoxy) is 8. The monoisotopic (exact) mass is 716 g/mol. The van der Waals surface area contributed by atoms with Gasteiger partial charge in [-0.05, 0) is 38.1 Å². The van der Waals surface area contributed by atoms with Gasteiger partial charge in [0.2, 0.25) is 0 Å². The highest BCUT2D eigenvalue weighted by molar-refractivity contribution is 7.99. The van der Waals surface area contributed by atoms with Gasteiger partial charge in [0.1, 0.15) is 17.3 Å². The molecular weight excluding hydrogens is 676 g/mol. The van der Waals surface area contributed by atoms with E-state index in [1.807, 2.05) is 30.3 Å². The molecule has 270 valence electrons. The van der Waals surface area contributed by atoms with E-state index in [1.54, 1.807) is 30.3 Å². The van der Waals surface area contributed by atoms with Crippen molar-refractivity contribution in [1.29, 1.82) is 0 Å². The van der Waals surface area contributed by atoms with Gasteiger partial charge in [-0.15, -0.1) is 0 Å². The Labute approximate surface area is 293 Å². The normalized spacial score (nSPS) is 27.7. The average molecular weight is 717 g/mol.